The fraction of sp³-hybridized carbons (Fsp3) is 0.0952. The number of aromatic amines is 1. The lowest BCUT2D eigenvalue weighted by molar-refractivity contribution is 0.0950. The predicted octanol–water partition coefficient (Wildman–Crippen LogP) is 5.76. The zero-order chi connectivity index (χ0) is 22.0. The Morgan fingerprint density at radius 2 is 2.00 bits per heavy atom. The number of hydrogen-bond donors (Lipinski definition) is 3. The Labute approximate surface area is 191 Å². The van der Waals surface area contributed by atoms with Crippen LogP contribution in [-0.2, 0) is 6.54 Å². The minimum Gasteiger partial charge on any atom is -0.358 e. The van der Waals surface area contributed by atoms with Crippen molar-refractivity contribution in [3.05, 3.63) is 81.7 Å². The van der Waals surface area contributed by atoms with Crippen molar-refractivity contribution in [1.82, 2.24) is 20.3 Å². The number of halogens is 3. The molecule has 31 heavy (non-hydrogen) atoms. The number of nitrogens with one attached hydrogen (secondary N) is 3. The molecule has 4 aromatic rings. The molecule has 0 aliphatic heterocycles. The first-order valence-corrected chi connectivity index (χ1v) is 10.7. The predicted molar refractivity (Wildman–Crippen MR) is 122 cm³/mol. The summed E-state index contributed by atoms with van der Waals surface area (Å²) in [4.78, 5) is 24.0. The first-order valence-electron chi connectivity index (χ1n) is 9.15. The average molecular weight is 476 g/mol. The van der Waals surface area contributed by atoms with Gasteiger partial charge in [0.15, 0.2) is 0 Å². The van der Waals surface area contributed by atoms with E-state index in [-0.39, 0.29) is 12.1 Å². The number of aromatic nitrogens is 3. The van der Waals surface area contributed by atoms with E-state index in [0.717, 1.165) is 23.2 Å². The number of aryl methyl sites for hydroxylation is 1. The smallest absolute Gasteiger partial charge is 0.251 e. The molecule has 0 spiro atoms. The Morgan fingerprint density at radius 1 is 1.16 bits per heavy atom. The van der Waals surface area contributed by atoms with E-state index in [1.165, 1.54) is 6.07 Å². The second-order valence-corrected chi connectivity index (χ2v) is 8.33. The molecule has 0 bridgehead atoms. The Bertz CT molecular complexity index is 1260. The van der Waals surface area contributed by atoms with E-state index in [9.17, 15) is 9.18 Å². The summed E-state index contributed by atoms with van der Waals surface area (Å²) in [5.41, 5.74) is 3.05. The lowest BCUT2D eigenvalue weighted by Gasteiger charge is -2.10. The minimum absolute atomic E-state index is 0.205. The van der Waals surface area contributed by atoms with Gasteiger partial charge in [0.05, 0.1) is 50.3 Å². The number of anilines is 1. The highest BCUT2D eigenvalue weighted by Gasteiger charge is 2.13. The second-order valence-electron chi connectivity index (χ2n) is 6.66. The van der Waals surface area contributed by atoms with Gasteiger partial charge < -0.3 is 15.0 Å². The Kier molecular flexibility index (Phi) is 6.31. The molecule has 158 valence electrons. The van der Waals surface area contributed by atoms with E-state index in [1.54, 1.807) is 42.9 Å². The van der Waals surface area contributed by atoms with Crippen molar-refractivity contribution in [1.29, 1.82) is 0 Å². The summed E-state index contributed by atoms with van der Waals surface area (Å²) in [6.07, 6.45) is 4.85. The van der Waals surface area contributed by atoms with Gasteiger partial charge in [0.2, 0.25) is 0 Å². The molecule has 0 saturated heterocycles. The van der Waals surface area contributed by atoms with Crippen LogP contribution in [0.15, 0.2) is 53.8 Å². The van der Waals surface area contributed by atoms with Crippen molar-refractivity contribution >= 4 is 57.6 Å². The van der Waals surface area contributed by atoms with E-state index in [0.29, 0.717) is 31.7 Å². The molecule has 2 aromatic heterocycles. The van der Waals surface area contributed by atoms with Gasteiger partial charge in [0, 0.05) is 23.3 Å². The van der Waals surface area contributed by atoms with Crippen LogP contribution in [0.1, 0.15) is 21.7 Å². The lowest BCUT2D eigenvalue weighted by Crippen LogP contribution is -2.23. The summed E-state index contributed by atoms with van der Waals surface area (Å²) < 4.78 is 17.7. The van der Waals surface area contributed by atoms with Gasteiger partial charge in [-0.05, 0) is 49.2 Å². The van der Waals surface area contributed by atoms with E-state index in [2.05, 4.69) is 25.0 Å². The summed E-state index contributed by atoms with van der Waals surface area (Å²) in [6.45, 7) is 2.03. The molecule has 2 aromatic carbocycles. The van der Waals surface area contributed by atoms with Crippen LogP contribution in [0.25, 0.3) is 10.9 Å². The van der Waals surface area contributed by atoms with Crippen LogP contribution in [0.3, 0.4) is 0 Å². The van der Waals surface area contributed by atoms with Crippen LogP contribution in [0.5, 0.6) is 0 Å². The Balaban J connectivity index is 1.42. The van der Waals surface area contributed by atoms with E-state index < -0.39 is 11.7 Å². The van der Waals surface area contributed by atoms with Crippen LogP contribution in [0.2, 0.25) is 10.0 Å². The second kappa shape index (κ2) is 9.13. The SMILES string of the molecule is Cc1cnc(CNC(=O)c2ccc(SNc3ccc(Cl)c4c(Cl)c[nH]c34)c(F)c2)cn1. The molecular weight excluding hydrogens is 460 g/mol. The number of amides is 1. The fourth-order valence-corrected chi connectivity index (χ4v) is 4.11. The number of carbonyl (C=O) groups excluding carboxylic acids is 1. The maximum atomic E-state index is 14.6. The molecule has 0 aliphatic rings. The summed E-state index contributed by atoms with van der Waals surface area (Å²) in [5.74, 6) is -0.916. The van der Waals surface area contributed by atoms with Gasteiger partial charge in [-0.15, -0.1) is 0 Å². The lowest BCUT2D eigenvalue weighted by atomic mass is 10.2. The van der Waals surface area contributed by atoms with Gasteiger partial charge >= 0.3 is 0 Å². The zero-order valence-electron chi connectivity index (χ0n) is 16.2. The largest absolute Gasteiger partial charge is 0.358 e. The van der Waals surface area contributed by atoms with Crippen molar-refractivity contribution in [2.24, 2.45) is 0 Å². The van der Waals surface area contributed by atoms with Gasteiger partial charge in [-0.25, -0.2) is 4.39 Å². The monoisotopic (exact) mass is 475 g/mol. The number of hydrogen-bond acceptors (Lipinski definition) is 5. The van der Waals surface area contributed by atoms with Crippen molar-refractivity contribution < 1.29 is 9.18 Å². The number of rotatable bonds is 6. The first kappa shape index (κ1) is 21.4. The first-order chi connectivity index (χ1) is 14.9. The maximum absolute atomic E-state index is 14.6. The molecule has 0 saturated carbocycles. The quantitative estimate of drug-likeness (QED) is 0.308. The van der Waals surface area contributed by atoms with Gasteiger partial charge in [0.25, 0.3) is 5.91 Å². The van der Waals surface area contributed by atoms with Crippen LogP contribution >= 0.6 is 35.1 Å². The highest BCUT2D eigenvalue weighted by atomic mass is 35.5. The molecule has 1 amide bonds. The van der Waals surface area contributed by atoms with Crippen LogP contribution < -0.4 is 10.0 Å². The number of nitrogens with zero attached hydrogens (tertiary/aromatic N) is 2. The third-order valence-corrected chi connectivity index (χ3v) is 5.95. The van der Waals surface area contributed by atoms with Gasteiger partial charge in [0.1, 0.15) is 5.82 Å². The molecule has 4 rings (SSSR count). The van der Waals surface area contributed by atoms with Gasteiger partial charge in [-0.1, -0.05) is 23.2 Å². The summed E-state index contributed by atoms with van der Waals surface area (Å²) in [5, 5.41) is 4.43. The molecular formula is C21H16Cl2FN5OS. The molecule has 2 heterocycles. The zero-order valence-corrected chi connectivity index (χ0v) is 18.5. The fourth-order valence-electron chi connectivity index (χ4n) is 2.87. The topological polar surface area (TPSA) is 82.7 Å². The summed E-state index contributed by atoms with van der Waals surface area (Å²) in [7, 11) is 0. The van der Waals surface area contributed by atoms with E-state index in [4.69, 9.17) is 23.2 Å². The molecule has 0 unspecified atom stereocenters. The molecule has 0 atom stereocenters. The normalized spacial score (nSPS) is 11.0. The third kappa shape index (κ3) is 4.76. The van der Waals surface area contributed by atoms with Crippen LogP contribution in [0, 0.1) is 12.7 Å². The molecule has 10 heteroatoms. The number of benzene rings is 2. The van der Waals surface area contributed by atoms with Gasteiger partial charge in [-0.3, -0.25) is 14.8 Å². The van der Waals surface area contributed by atoms with Crippen molar-refractivity contribution in [3.63, 3.8) is 0 Å². The van der Waals surface area contributed by atoms with Crippen LogP contribution in [-0.4, -0.2) is 20.9 Å². The number of H-pyrrole nitrogens is 1. The molecule has 0 radical (unpaired) electrons. The Hall–Kier alpha value is -2.81. The third-order valence-electron chi connectivity index (χ3n) is 4.47. The minimum atomic E-state index is -0.519. The van der Waals surface area contributed by atoms with Crippen LogP contribution in [0.4, 0.5) is 10.1 Å². The summed E-state index contributed by atoms with van der Waals surface area (Å²) >= 11 is 13.4. The highest BCUT2D eigenvalue weighted by Crippen LogP contribution is 2.36. The molecule has 3 N–H and O–H groups in total. The maximum Gasteiger partial charge on any atom is 0.251 e. The standard InChI is InChI=1S/C21H16Cl2FN5OS/c1-11-7-26-13(8-25-11)9-28-21(30)12-2-5-18(16(24)6-12)31-29-17-4-3-14(22)19-15(23)10-27-20(17)19/h2-8,10,27,29H,9H2,1H3,(H,28,30). The van der Waals surface area contributed by atoms with E-state index in [1.807, 2.05) is 6.92 Å². The van der Waals surface area contributed by atoms with Crippen molar-refractivity contribution in [2.45, 2.75) is 18.4 Å². The Morgan fingerprint density at radius 3 is 2.74 bits per heavy atom. The van der Waals surface area contributed by atoms with Crippen molar-refractivity contribution in [2.75, 3.05) is 4.72 Å². The number of carbonyl (C=O) groups is 1. The number of fused-ring (bicyclic) bond motifs is 1. The highest BCUT2D eigenvalue weighted by molar-refractivity contribution is 8.00. The summed E-state index contributed by atoms with van der Waals surface area (Å²) in [6, 6.07) is 7.80. The molecule has 0 fully saturated rings. The molecule has 6 nitrogen and oxygen atoms in total. The van der Waals surface area contributed by atoms with Gasteiger partial charge in [-0.2, -0.15) is 0 Å². The molecule has 0 aliphatic carbocycles. The average Bonchev–Trinajstić information content (AvgIpc) is 3.16. The van der Waals surface area contributed by atoms with E-state index >= 15 is 0 Å². The van der Waals surface area contributed by atoms with Crippen molar-refractivity contribution in [3.8, 4) is 0 Å².